The summed E-state index contributed by atoms with van der Waals surface area (Å²) in [5.74, 6) is 0.908. The lowest BCUT2D eigenvalue weighted by atomic mass is 9.87. The number of benzene rings is 1. The molecule has 0 unspecified atom stereocenters. The van der Waals surface area contributed by atoms with Crippen LogP contribution in [0.3, 0.4) is 0 Å². The second-order valence-electron chi connectivity index (χ2n) is 5.07. The Labute approximate surface area is 117 Å². The standard InChI is InChI=1S/C14H19BrClN/c1-10-2-5-13(6-3-10)17-9-11-8-12(16)4-7-14(11)15/h4,7-8,10,13,17H,2-3,5-6,9H2,1H3. The van der Waals surface area contributed by atoms with Crippen molar-refractivity contribution in [1.29, 1.82) is 0 Å². The molecule has 1 N–H and O–H groups in total. The van der Waals surface area contributed by atoms with Crippen molar-refractivity contribution in [3.8, 4) is 0 Å². The highest BCUT2D eigenvalue weighted by atomic mass is 79.9. The molecule has 0 bridgehead atoms. The van der Waals surface area contributed by atoms with Crippen LogP contribution in [0.5, 0.6) is 0 Å². The number of nitrogens with one attached hydrogen (secondary N) is 1. The van der Waals surface area contributed by atoms with Crippen LogP contribution in [0.1, 0.15) is 38.2 Å². The Morgan fingerprint density at radius 1 is 1.29 bits per heavy atom. The van der Waals surface area contributed by atoms with Crippen molar-refractivity contribution in [2.75, 3.05) is 0 Å². The average Bonchev–Trinajstić information content (AvgIpc) is 2.32. The lowest BCUT2D eigenvalue weighted by Gasteiger charge is -2.27. The maximum absolute atomic E-state index is 6.01. The van der Waals surface area contributed by atoms with Crippen LogP contribution in [0.25, 0.3) is 0 Å². The molecule has 0 saturated heterocycles. The van der Waals surface area contributed by atoms with Crippen molar-refractivity contribution in [2.24, 2.45) is 5.92 Å². The van der Waals surface area contributed by atoms with E-state index in [9.17, 15) is 0 Å². The van der Waals surface area contributed by atoms with Gasteiger partial charge in [0.2, 0.25) is 0 Å². The Balaban J connectivity index is 1.87. The van der Waals surface area contributed by atoms with Crippen LogP contribution in [0.15, 0.2) is 22.7 Å². The number of hydrogen-bond donors (Lipinski definition) is 1. The third kappa shape index (κ3) is 3.97. The lowest BCUT2D eigenvalue weighted by Crippen LogP contribution is -2.32. The summed E-state index contributed by atoms with van der Waals surface area (Å²) in [6.07, 6.45) is 5.32. The fourth-order valence-electron chi connectivity index (χ4n) is 2.40. The van der Waals surface area contributed by atoms with Gasteiger partial charge >= 0.3 is 0 Å². The van der Waals surface area contributed by atoms with Gasteiger partial charge in [0.05, 0.1) is 0 Å². The quantitative estimate of drug-likeness (QED) is 0.847. The molecule has 1 aromatic rings. The Hall–Kier alpha value is -0.0500. The van der Waals surface area contributed by atoms with Gasteiger partial charge in [-0.1, -0.05) is 34.5 Å². The van der Waals surface area contributed by atoms with Gasteiger partial charge in [-0.3, -0.25) is 0 Å². The van der Waals surface area contributed by atoms with Gasteiger partial charge in [-0.2, -0.15) is 0 Å². The van der Waals surface area contributed by atoms with Gasteiger partial charge in [0, 0.05) is 22.1 Å². The second-order valence-corrected chi connectivity index (χ2v) is 6.36. The minimum Gasteiger partial charge on any atom is -0.310 e. The summed E-state index contributed by atoms with van der Waals surface area (Å²) < 4.78 is 1.14. The van der Waals surface area contributed by atoms with Gasteiger partial charge in [0.25, 0.3) is 0 Å². The predicted octanol–water partition coefficient (Wildman–Crippen LogP) is 4.77. The molecule has 1 fully saturated rings. The monoisotopic (exact) mass is 315 g/mol. The molecule has 94 valence electrons. The molecule has 1 nitrogen and oxygen atoms in total. The molecule has 0 aliphatic heterocycles. The van der Waals surface area contributed by atoms with Crippen LogP contribution in [0.2, 0.25) is 5.02 Å². The first-order valence-electron chi connectivity index (χ1n) is 6.32. The van der Waals surface area contributed by atoms with Crippen molar-refractivity contribution >= 4 is 27.5 Å². The van der Waals surface area contributed by atoms with Crippen LogP contribution in [-0.2, 0) is 6.54 Å². The van der Waals surface area contributed by atoms with Crippen LogP contribution < -0.4 is 5.32 Å². The summed E-state index contributed by atoms with van der Waals surface area (Å²) in [6.45, 7) is 3.25. The molecular formula is C14H19BrClN. The van der Waals surface area contributed by atoms with Crippen molar-refractivity contribution in [1.82, 2.24) is 5.32 Å². The molecule has 0 spiro atoms. The predicted molar refractivity (Wildman–Crippen MR) is 77.4 cm³/mol. The number of hydrogen-bond acceptors (Lipinski definition) is 1. The summed E-state index contributed by atoms with van der Waals surface area (Å²) in [6, 6.07) is 6.64. The van der Waals surface area contributed by atoms with Crippen molar-refractivity contribution in [3.63, 3.8) is 0 Å². The first-order valence-corrected chi connectivity index (χ1v) is 7.49. The first-order chi connectivity index (χ1) is 8.15. The van der Waals surface area contributed by atoms with Gasteiger partial charge in [-0.15, -0.1) is 0 Å². The first kappa shape index (κ1) is 13.4. The highest BCUT2D eigenvalue weighted by Gasteiger charge is 2.17. The van der Waals surface area contributed by atoms with Crippen molar-refractivity contribution in [3.05, 3.63) is 33.3 Å². The van der Waals surface area contributed by atoms with E-state index in [1.807, 2.05) is 18.2 Å². The molecule has 0 heterocycles. The molecule has 2 rings (SSSR count). The highest BCUT2D eigenvalue weighted by Crippen LogP contribution is 2.25. The Kier molecular flexibility index (Phi) is 4.89. The van der Waals surface area contributed by atoms with E-state index in [4.69, 9.17) is 11.6 Å². The average molecular weight is 317 g/mol. The van der Waals surface area contributed by atoms with E-state index in [1.54, 1.807) is 0 Å². The largest absolute Gasteiger partial charge is 0.310 e. The molecular weight excluding hydrogens is 298 g/mol. The third-order valence-corrected chi connectivity index (χ3v) is 4.61. The van der Waals surface area contributed by atoms with E-state index in [0.717, 1.165) is 22.0 Å². The molecule has 0 atom stereocenters. The zero-order valence-electron chi connectivity index (χ0n) is 10.2. The Morgan fingerprint density at radius 3 is 2.71 bits per heavy atom. The van der Waals surface area contributed by atoms with Crippen LogP contribution in [0.4, 0.5) is 0 Å². The number of rotatable bonds is 3. The summed E-state index contributed by atoms with van der Waals surface area (Å²) in [4.78, 5) is 0. The fourth-order valence-corrected chi connectivity index (χ4v) is 2.98. The normalized spacial score (nSPS) is 24.9. The summed E-state index contributed by atoms with van der Waals surface area (Å²) in [5.41, 5.74) is 1.25. The second kappa shape index (κ2) is 6.21. The topological polar surface area (TPSA) is 12.0 Å². The summed E-state index contributed by atoms with van der Waals surface area (Å²) >= 11 is 9.58. The van der Waals surface area contributed by atoms with Crippen LogP contribution in [-0.4, -0.2) is 6.04 Å². The maximum Gasteiger partial charge on any atom is 0.0410 e. The van der Waals surface area contributed by atoms with Gasteiger partial charge in [-0.25, -0.2) is 0 Å². The van der Waals surface area contributed by atoms with Gasteiger partial charge in [0.15, 0.2) is 0 Å². The van der Waals surface area contributed by atoms with Crippen molar-refractivity contribution < 1.29 is 0 Å². The van der Waals surface area contributed by atoms with Gasteiger partial charge in [0.1, 0.15) is 0 Å². The minimum absolute atomic E-state index is 0.678. The minimum atomic E-state index is 0.678. The van der Waals surface area contributed by atoms with E-state index in [0.29, 0.717) is 6.04 Å². The van der Waals surface area contributed by atoms with E-state index in [1.165, 1.54) is 31.2 Å². The van der Waals surface area contributed by atoms with Gasteiger partial charge < -0.3 is 5.32 Å². The zero-order chi connectivity index (χ0) is 12.3. The molecule has 0 amide bonds. The SMILES string of the molecule is CC1CCC(NCc2cc(Cl)ccc2Br)CC1. The van der Waals surface area contributed by atoms with E-state index in [2.05, 4.69) is 28.2 Å². The fraction of sp³-hybridized carbons (Fsp3) is 0.571. The molecule has 3 heteroatoms. The third-order valence-electron chi connectivity index (χ3n) is 3.60. The highest BCUT2D eigenvalue weighted by molar-refractivity contribution is 9.10. The Bertz CT molecular complexity index is 372. The molecule has 1 aromatic carbocycles. The van der Waals surface area contributed by atoms with E-state index < -0.39 is 0 Å². The molecule has 1 aliphatic rings. The molecule has 1 aliphatic carbocycles. The molecule has 1 saturated carbocycles. The smallest absolute Gasteiger partial charge is 0.0410 e. The van der Waals surface area contributed by atoms with Crippen molar-refractivity contribution in [2.45, 2.75) is 45.2 Å². The molecule has 17 heavy (non-hydrogen) atoms. The van der Waals surface area contributed by atoms with E-state index in [-0.39, 0.29) is 0 Å². The summed E-state index contributed by atoms with van der Waals surface area (Å²) in [7, 11) is 0. The molecule has 0 aromatic heterocycles. The van der Waals surface area contributed by atoms with Gasteiger partial charge in [-0.05, 0) is 55.4 Å². The Morgan fingerprint density at radius 2 is 2.00 bits per heavy atom. The maximum atomic E-state index is 6.01. The zero-order valence-corrected chi connectivity index (χ0v) is 12.5. The lowest BCUT2D eigenvalue weighted by molar-refractivity contribution is 0.306. The van der Waals surface area contributed by atoms with E-state index >= 15 is 0 Å². The van der Waals surface area contributed by atoms with Crippen LogP contribution >= 0.6 is 27.5 Å². The number of halogens is 2. The molecule has 0 radical (unpaired) electrons. The summed E-state index contributed by atoms with van der Waals surface area (Å²) in [5, 5.41) is 4.45. The van der Waals surface area contributed by atoms with Crippen LogP contribution in [0, 0.1) is 5.92 Å².